The fraction of sp³-hybridized carbons (Fsp3) is 0.192. The molecule has 288 valence electrons. The van der Waals surface area contributed by atoms with Gasteiger partial charge in [0.1, 0.15) is 11.5 Å². The molecule has 12 bridgehead atoms. The maximum Gasteiger partial charge on any atom is 0.137 e. The molecule has 7 aliphatic heterocycles. The summed E-state index contributed by atoms with van der Waals surface area (Å²) in [5.41, 5.74) is 21.6. The number of nitrogens with one attached hydrogen (secondary N) is 2. The Morgan fingerprint density at radius 2 is 0.690 bits per heavy atom. The third-order valence-electron chi connectivity index (χ3n) is 11.5. The summed E-state index contributed by atoms with van der Waals surface area (Å²) in [6, 6.07) is 26.5. The lowest BCUT2D eigenvalue weighted by atomic mass is 9.92. The lowest BCUT2D eigenvalue weighted by molar-refractivity contribution is 0.424. The number of hydrogen-bond donors (Lipinski definition) is 2. The predicted molar refractivity (Wildman–Crippen MR) is 245 cm³/mol. The molecule has 0 saturated heterocycles. The molecule has 12 rings (SSSR count). The Balaban J connectivity index is 1.43. The largest absolute Gasteiger partial charge is 0.495 e. The number of benzene rings is 4. The first kappa shape index (κ1) is 36.9. The zero-order chi connectivity index (χ0) is 40.6. The number of aryl methyl sites for hydroxylation is 8. The van der Waals surface area contributed by atoms with Crippen molar-refractivity contribution in [1.29, 1.82) is 0 Å². The van der Waals surface area contributed by atoms with Crippen molar-refractivity contribution in [1.82, 2.24) is 9.97 Å². The standard InChI is InChI=1S/C52H48N4O2/c1-27-15-31(5)49(32(6)16-27)37-23-35-25-47(53-35)41-21-30(4)20-40(52(41)58-10)46-14-12-44(56-46)38(50-33(7)17-28(2)18-34(50)8)24-36-26-48(54-36)42-22-29(3)19-39(51(42)57-9)45-13-11-43(37)55-45/h11-26,53-54H,1-10H3. The van der Waals surface area contributed by atoms with Gasteiger partial charge in [-0.25, -0.2) is 9.97 Å². The Bertz CT molecular complexity index is 2760. The van der Waals surface area contributed by atoms with Crippen molar-refractivity contribution < 1.29 is 9.47 Å². The van der Waals surface area contributed by atoms with Gasteiger partial charge in [0.05, 0.1) is 48.4 Å². The van der Waals surface area contributed by atoms with E-state index in [1.54, 1.807) is 14.2 Å². The fourth-order valence-corrected chi connectivity index (χ4v) is 9.22. The summed E-state index contributed by atoms with van der Waals surface area (Å²) in [7, 11) is 3.49. The Hall–Kier alpha value is -6.66. The first-order chi connectivity index (χ1) is 27.9. The number of ether oxygens (including phenoxy) is 2. The molecule has 0 amide bonds. The van der Waals surface area contributed by atoms with E-state index in [0.717, 1.165) is 101 Å². The first-order valence-corrected chi connectivity index (χ1v) is 19.9. The number of nitrogens with zero attached hydrogens (tertiary/aromatic N) is 2. The van der Waals surface area contributed by atoms with Gasteiger partial charge in [-0.3, -0.25) is 0 Å². The minimum atomic E-state index is 0.785. The zero-order valence-electron chi connectivity index (χ0n) is 34.9. The molecule has 8 heterocycles. The predicted octanol–water partition coefficient (Wildman–Crippen LogP) is 13.6. The van der Waals surface area contributed by atoms with Crippen molar-refractivity contribution in [3.8, 4) is 33.8 Å². The van der Waals surface area contributed by atoms with E-state index in [1.807, 2.05) is 0 Å². The van der Waals surface area contributed by atoms with E-state index in [1.165, 1.54) is 44.5 Å². The molecule has 6 heteroatoms. The summed E-state index contributed by atoms with van der Waals surface area (Å²) < 4.78 is 12.4. The molecule has 0 atom stereocenters. The SMILES string of the molecule is COc1c2cc(C)cc1c1nc(c(-c3c(C)cc(C)cc3C)cc3cc(c4cc(C)cc(c5nc(c(-c6c(C)cc(C)cc6C)cc6cc2N6)C=C5)c4OC)N3)C=C1. The van der Waals surface area contributed by atoms with E-state index in [4.69, 9.17) is 19.4 Å². The second-order valence-electron chi connectivity index (χ2n) is 16.2. The van der Waals surface area contributed by atoms with Crippen molar-refractivity contribution in [2.24, 2.45) is 0 Å². The van der Waals surface area contributed by atoms with Crippen molar-refractivity contribution in [3.63, 3.8) is 0 Å². The molecule has 0 fully saturated rings. The van der Waals surface area contributed by atoms with Gasteiger partial charge in [0.25, 0.3) is 0 Å². The van der Waals surface area contributed by atoms with Crippen molar-refractivity contribution in [2.45, 2.75) is 55.4 Å². The lowest BCUT2D eigenvalue weighted by Crippen LogP contribution is -2.01. The molecule has 4 aromatic carbocycles. The molecule has 7 aliphatic rings. The second-order valence-corrected chi connectivity index (χ2v) is 16.2. The van der Waals surface area contributed by atoms with Crippen molar-refractivity contribution >= 4 is 68.6 Å². The van der Waals surface area contributed by atoms with Gasteiger partial charge in [-0.2, -0.15) is 0 Å². The number of methoxy groups -OCH3 is 2. The van der Waals surface area contributed by atoms with Gasteiger partial charge in [-0.15, -0.1) is 0 Å². The van der Waals surface area contributed by atoms with Crippen LogP contribution in [0.3, 0.4) is 0 Å². The van der Waals surface area contributed by atoms with Gasteiger partial charge < -0.3 is 20.1 Å². The molecule has 0 radical (unpaired) electrons. The molecule has 0 unspecified atom stereocenters. The highest BCUT2D eigenvalue weighted by Crippen LogP contribution is 2.45. The van der Waals surface area contributed by atoms with Gasteiger partial charge in [-0.05, 0) is 173 Å². The van der Waals surface area contributed by atoms with Crippen LogP contribution < -0.4 is 20.1 Å². The summed E-state index contributed by atoms with van der Waals surface area (Å²) in [5.74, 6) is 1.57. The summed E-state index contributed by atoms with van der Waals surface area (Å²) in [4.78, 5) is 10.7. The minimum Gasteiger partial charge on any atom is -0.495 e. The molecule has 0 saturated carbocycles. The van der Waals surface area contributed by atoms with Gasteiger partial charge in [0.2, 0.25) is 0 Å². The van der Waals surface area contributed by atoms with Crippen LogP contribution >= 0.6 is 0 Å². The van der Waals surface area contributed by atoms with E-state index in [9.17, 15) is 0 Å². The Labute approximate surface area is 341 Å². The summed E-state index contributed by atoms with van der Waals surface area (Å²) >= 11 is 0. The lowest BCUT2D eigenvalue weighted by Gasteiger charge is -2.20. The van der Waals surface area contributed by atoms with Crippen LogP contribution in [0, 0.1) is 55.4 Å². The van der Waals surface area contributed by atoms with Crippen LogP contribution in [0.4, 0.5) is 22.7 Å². The third-order valence-corrected chi connectivity index (χ3v) is 11.5. The topological polar surface area (TPSA) is 68.3 Å². The molecule has 5 aromatic rings. The van der Waals surface area contributed by atoms with Crippen LogP contribution in [0.1, 0.15) is 67.3 Å². The molecule has 0 spiro atoms. The van der Waals surface area contributed by atoms with Crippen LogP contribution in [0.5, 0.6) is 11.5 Å². The highest BCUT2D eigenvalue weighted by molar-refractivity contribution is 6.02. The molecule has 58 heavy (non-hydrogen) atoms. The summed E-state index contributed by atoms with van der Waals surface area (Å²) in [6.45, 7) is 17.3. The smallest absolute Gasteiger partial charge is 0.137 e. The van der Waals surface area contributed by atoms with E-state index < -0.39 is 0 Å². The number of hydrogen-bond acceptors (Lipinski definition) is 6. The monoisotopic (exact) mass is 760 g/mol. The summed E-state index contributed by atoms with van der Waals surface area (Å²) in [6.07, 6.45) is 8.48. The average Bonchev–Trinajstić information content (AvgIpc) is 3.82. The quantitative estimate of drug-likeness (QED) is 0.186. The van der Waals surface area contributed by atoms with E-state index in [0.29, 0.717) is 0 Å². The van der Waals surface area contributed by atoms with Crippen LogP contribution in [0.15, 0.2) is 72.8 Å². The van der Waals surface area contributed by atoms with Crippen LogP contribution in [-0.2, 0) is 0 Å². The van der Waals surface area contributed by atoms with Gasteiger partial charge in [0, 0.05) is 44.0 Å². The second kappa shape index (κ2) is 14.1. The maximum atomic E-state index is 6.22. The van der Waals surface area contributed by atoms with Gasteiger partial charge >= 0.3 is 0 Å². The van der Waals surface area contributed by atoms with Gasteiger partial charge in [0.15, 0.2) is 0 Å². The minimum absolute atomic E-state index is 0.785. The first-order valence-electron chi connectivity index (χ1n) is 19.9. The maximum absolute atomic E-state index is 6.22. The molecule has 2 N–H and O–H groups in total. The molecular formula is C52H48N4O2. The molecule has 6 nitrogen and oxygen atoms in total. The summed E-state index contributed by atoms with van der Waals surface area (Å²) in [5, 5.41) is 11.3. The molecular weight excluding hydrogens is 713 g/mol. The Kier molecular flexibility index (Phi) is 8.96. The van der Waals surface area contributed by atoms with E-state index >= 15 is 0 Å². The van der Waals surface area contributed by atoms with Crippen LogP contribution in [-0.4, -0.2) is 24.2 Å². The zero-order valence-corrected chi connectivity index (χ0v) is 34.9. The van der Waals surface area contributed by atoms with Crippen molar-refractivity contribution in [2.75, 3.05) is 24.9 Å². The number of anilines is 4. The van der Waals surface area contributed by atoms with E-state index in [-0.39, 0.29) is 0 Å². The molecule has 1 aromatic heterocycles. The van der Waals surface area contributed by atoms with Crippen LogP contribution in [0.2, 0.25) is 0 Å². The highest BCUT2D eigenvalue weighted by atomic mass is 16.5. The molecule has 0 aliphatic carbocycles. The number of rotatable bonds is 4. The normalized spacial score (nSPS) is 12.4. The van der Waals surface area contributed by atoms with E-state index in [2.05, 4.69) is 163 Å². The van der Waals surface area contributed by atoms with Crippen molar-refractivity contribution in [3.05, 3.63) is 140 Å². The highest BCUT2D eigenvalue weighted by Gasteiger charge is 2.21. The third kappa shape index (κ3) is 6.29. The Morgan fingerprint density at radius 3 is 1.03 bits per heavy atom. The Morgan fingerprint density at radius 1 is 0.379 bits per heavy atom. The fourth-order valence-electron chi connectivity index (χ4n) is 9.22. The van der Waals surface area contributed by atoms with Crippen LogP contribution in [0.25, 0.3) is 68.1 Å². The average molecular weight is 761 g/mol. The number of aromatic nitrogens is 2. The van der Waals surface area contributed by atoms with Gasteiger partial charge in [-0.1, -0.05) is 35.4 Å².